The van der Waals surface area contributed by atoms with Gasteiger partial charge in [0, 0.05) is 28.9 Å². The Hall–Kier alpha value is -1.94. The molecule has 0 bridgehead atoms. The van der Waals surface area contributed by atoms with E-state index in [9.17, 15) is 4.79 Å². The number of piperidine rings is 1. The molecule has 0 spiro atoms. The van der Waals surface area contributed by atoms with Crippen LogP contribution in [0.15, 0.2) is 53.4 Å². The summed E-state index contributed by atoms with van der Waals surface area (Å²) in [4.78, 5) is 16.4. The van der Waals surface area contributed by atoms with Crippen LogP contribution in [0.1, 0.15) is 62.5 Å². The molecule has 28 heavy (non-hydrogen) atoms. The summed E-state index contributed by atoms with van der Waals surface area (Å²) in [5.74, 6) is 0.751. The summed E-state index contributed by atoms with van der Waals surface area (Å²) in [5, 5.41) is 3.61. The van der Waals surface area contributed by atoms with Gasteiger partial charge in [-0.2, -0.15) is 0 Å². The highest BCUT2D eigenvalue weighted by Crippen LogP contribution is 2.28. The number of hydrogen-bond donors (Lipinski definition) is 1. The smallest absolute Gasteiger partial charge is 0.252 e. The van der Waals surface area contributed by atoms with Gasteiger partial charge in [0.1, 0.15) is 0 Å². The molecule has 2 aromatic carbocycles. The lowest BCUT2D eigenvalue weighted by Gasteiger charge is -2.33. The Bertz CT molecular complexity index is 787. The zero-order valence-corrected chi connectivity index (χ0v) is 18.3. The van der Waals surface area contributed by atoms with Gasteiger partial charge in [0.05, 0.1) is 11.6 Å². The number of anilines is 1. The van der Waals surface area contributed by atoms with E-state index in [2.05, 4.69) is 55.3 Å². The zero-order chi connectivity index (χ0) is 20.1. The van der Waals surface area contributed by atoms with E-state index in [1.54, 1.807) is 11.8 Å². The van der Waals surface area contributed by atoms with Gasteiger partial charge in [-0.1, -0.05) is 45.0 Å². The number of carbonyl (C=O) groups is 1. The number of thioether (sulfide) groups is 1. The van der Waals surface area contributed by atoms with Gasteiger partial charge in [0.2, 0.25) is 0 Å². The number of rotatable bonds is 6. The summed E-state index contributed by atoms with van der Waals surface area (Å²) in [6.07, 6.45) is 2.59. The van der Waals surface area contributed by atoms with Gasteiger partial charge in [-0.3, -0.25) is 4.79 Å². The molecule has 4 heteroatoms. The molecule has 0 unspecified atom stereocenters. The van der Waals surface area contributed by atoms with Crippen molar-refractivity contribution in [3.8, 4) is 0 Å². The minimum Gasteiger partial charge on any atom is -0.371 e. The van der Waals surface area contributed by atoms with Crippen molar-refractivity contribution >= 4 is 23.4 Å². The highest BCUT2D eigenvalue weighted by atomic mass is 32.2. The first-order chi connectivity index (χ1) is 13.4. The van der Waals surface area contributed by atoms with Crippen LogP contribution >= 0.6 is 11.8 Å². The molecule has 0 radical (unpaired) electrons. The molecule has 1 amide bonds. The number of carbonyl (C=O) groups excluding carboxylic acids is 1. The number of nitrogens with one attached hydrogen (secondary N) is 1. The molecule has 1 heterocycles. The largest absolute Gasteiger partial charge is 0.371 e. The molecule has 1 N–H and O–H groups in total. The molecule has 1 saturated heterocycles. The number of benzene rings is 2. The summed E-state index contributed by atoms with van der Waals surface area (Å²) in [7, 11) is 0. The molecule has 1 aliphatic rings. The molecule has 0 aliphatic carbocycles. The Labute approximate surface area is 173 Å². The summed E-state index contributed by atoms with van der Waals surface area (Å²) in [6.45, 7) is 10.9. The predicted molar refractivity (Wildman–Crippen MR) is 120 cm³/mol. The number of amides is 1. The second kappa shape index (κ2) is 9.51. The van der Waals surface area contributed by atoms with Gasteiger partial charge >= 0.3 is 0 Å². The van der Waals surface area contributed by atoms with E-state index in [0.29, 0.717) is 5.25 Å². The fourth-order valence-corrected chi connectivity index (χ4v) is 4.72. The summed E-state index contributed by atoms with van der Waals surface area (Å²) in [6, 6.07) is 16.5. The fraction of sp³-hybridized carbons (Fsp3) is 0.458. The Morgan fingerprint density at radius 3 is 2.50 bits per heavy atom. The monoisotopic (exact) mass is 396 g/mol. The lowest BCUT2D eigenvalue weighted by atomic mass is 9.99. The maximum atomic E-state index is 12.8. The Morgan fingerprint density at radius 1 is 1.11 bits per heavy atom. The van der Waals surface area contributed by atoms with Crippen LogP contribution in [0.2, 0.25) is 0 Å². The van der Waals surface area contributed by atoms with Gasteiger partial charge < -0.3 is 10.2 Å². The normalized spacial score (nSPS) is 18.2. The van der Waals surface area contributed by atoms with Crippen molar-refractivity contribution < 1.29 is 4.79 Å². The van der Waals surface area contributed by atoms with E-state index in [0.717, 1.165) is 35.0 Å². The topological polar surface area (TPSA) is 32.3 Å². The van der Waals surface area contributed by atoms with Crippen LogP contribution in [0.25, 0.3) is 0 Å². The first-order valence-electron chi connectivity index (χ1n) is 10.4. The van der Waals surface area contributed by atoms with E-state index in [-0.39, 0.29) is 11.9 Å². The molecule has 2 atom stereocenters. The van der Waals surface area contributed by atoms with Gasteiger partial charge in [0.25, 0.3) is 5.91 Å². The Balaban J connectivity index is 1.66. The maximum Gasteiger partial charge on any atom is 0.252 e. The molecule has 0 saturated carbocycles. The van der Waals surface area contributed by atoms with Crippen LogP contribution in [-0.4, -0.2) is 24.2 Å². The fourth-order valence-electron chi connectivity index (χ4n) is 3.77. The third-order valence-corrected chi connectivity index (χ3v) is 6.34. The van der Waals surface area contributed by atoms with Crippen LogP contribution in [0.4, 0.5) is 5.69 Å². The lowest BCUT2D eigenvalue weighted by molar-refractivity contribution is 0.0937. The highest BCUT2D eigenvalue weighted by molar-refractivity contribution is 8.00. The number of hydrogen-bond acceptors (Lipinski definition) is 3. The van der Waals surface area contributed by atoms with Crippen LogP contribution in [-0.2, 0) is 0 Å². The van der Waals surface area contributed by atoms with Crippen molar-refractivity contribution in [3.05, 3.63) is 59.7 Å². The molecule has 150 valence electrons. The molecule has 2 aromatic rings. The van der Waals surface area contributed by atoms with E-state index < -0.39 is 0 Å². The number of nitrogens with zero attached hydrogens (tertiary/aromatic N) is 1. The third-order valence-electron chi connectivity index (χ3n) is 5.26. The summed E-state index contributed by atoms with van der Waals surface area (Å²) in [5.41, 5.74) is 3.18. The SMILES string of the molecule is CC(C)Sc1ccccc1C(=O)N[C@@H](C)c1ccc(N2CCC[C@@H](C)C2)cc1. The second-order valence-corrected chi connectivity index (χ2v) is 9.76. The molecular formula is C24H32N2OS. The summed E-state index contributed by atoms with van der Waals surface area (Å²) < 4.78 is 0. The summed E-state index contributed by atoms with van der Waals surface area (Å²) >= 11 is 1.73. The van der Waals surface area contributed by atoms with Crippen LogP contribution in [0.5, 0.6) is 0 Å². The van der Waals surface area contributed by atoms with Gasteiger partial charge in [-0.05, 0) is 55.5 Å². The highest BCUT2D eigenvalue weighted by Gasteiger charge is 2.18. The zero-order valence-electron chi connectivity index (χ0n) is 17.4. The Morgan fingerprint density at radius 2 is 1.82 bits per heavy atom. The van der Waals surface area contributed by atoms with Crippen LogP contribution < -0.4 is 10.2 Å². The minimum atomic E-state index is -0.0288. The molecule has 0 aromatic heterocycles. The van der Waals surface area contributed by atoms with E-state index in [1.807, 2.05) is 31.2 Å². The minimum absolute atomic E-state index is 0.00909. The second-order valence-electron chi connectivity index (χ2n) is 8.14. The molecule has 3 rings (SSSR count). The van der Waals surface area contributed by atoms with E-state index in [1.165, 1.54) is 18.5 Å². The molecular weight excluding hydrogens is 364 g/mol. The van der Waals surface area contributed by atoms with Crippen molar-refractivity contribution in [2.24, 2.45) is 5.92 Å². The molecule has 3 nitrogen and oxygen atoms in total. The van der Waals surface area contributed by atoms with Gasteiger partial charge in [0.15, 0.2) is 0 Å². The van der Waals surface area contributed by atoms with Crippen molar-refractivity contribution in [2.45, 2.75) is 56.7 Å². The first kappa shape index (κ1) is 20.8. The average molecular weight is 397 g/mol. The predicted octanol–water partition coefficient (Wildman–Crippen LogP) is 5.91. The van der Waals surface area contributed by atoms with E-state index >= 15 is 0 Å². The van der Waals surface area contributed by atoms with Crippen molar-refractivity contribution in [3.63, 3.8) is 0 Å². The van der Waals surface area contributed by atoms with Gasteiger partial charge in [-0.25, -0.2) is 0 Å². The molecule has 1 fully saturated rings. The van der Waals surface area contributed by atoms with Crippen molar-refractivity contribution in [2.75, 3.05) is 18.0 Å². The average Bonchev–Trinajstić information content (AvgIpc) is 2.68. The first-order valence-corrected chi connectivity index (χ1v) is 11.2. The standard InChI is InChI=1S/C24H32N2OS/c1-17(2)28-23-10-6-5-9-22(23)24(27)25-19(4)20-11-13-21(14-12-20)26-15-7-8-18(3)16-26/h5-6,9-14,17-19H,7-8,15-16H2,1-4H3,(H,25,27)/t18-,19+/m1/s1. The maximum absolute atomic E-state index is 12.8. The van der Waals surface area contributed by atoms with Gasteiger partial charge in [-0.15, -0.1) is 11.8 Å². The quantitative estimate of drug-likeness (QED) is 0.616. The van der Waals surface area contributed by atoms with Crippen molar-refractivity contribution in [1.82, 2.24) is 5.32 Å². The van der Waals surface area contributed by atoms with Crippen molar-refractivity contribution in [1.29, 1.82) is 0 Å². The van der Waals surface area contributed by atoms with Crippen LogP contribution in [0, 0.1) is 5.92 Å². The third kappa shape index (κ3) is 5.32. The molecule has 1 aliphatic heterocycles. The lowest BCUT2D eigenvalue weighted by Crippen LogP contribution is -2.34. The van der Waals surface area contributed by atoms with Crippen LogP contribution in [0.3, 0.4) is 0 Å². The Kier molecular flexibility index (Phi) is 7.06. The van der Waals surface area contributed by atoms with E-state index in [4.69, 9.17) is 0 Å².